The van der Waals surface area contributed by atoms with Crippen molar-refractivity contribution in [2.45, 2.75) is 6.92 Å². The number of rotatable bonds is 5. The van der Waals surface area contributed by atoms with Crippen molar-refractivity contribution >= 4 is 17.0 Å². The summed E-state index contributed by atoms with van der Waals surface area (Å²) < 4.78 is 0. The minimum atomic E-state index is 0.554. The van der Waals surface area contributed by atoms with Crippen LogP contribution in [0.4, 0.5) is 5.82 Å². The van der Waals surface area contributed by atoms with Crippen LogP contribution < -0.4 is 10.2 Å². The highest BCUT2D eigenvalue weighted by molar-refractivity contribution is 5.82. The van der Waals surface area contributed by atoms with E-state index in [9.17, 15) is 0 Å². The summed E-state index contributed by atoms with van der Waals surface area (Å²) in [6, 6.07) is 0. The largest absolute Gasteiger partial charge is 0.357 e. The first-order valence-electron chi connectivity index (χ1n) is 5.72. The first-order chi connectivity index (χ1) is 8.22. The van der Waals surface area contributed by atoms with E-state index in [2.05, 4.69) is 37.1 Å². The number of nitrogens with one attached hydrogen (secondary N) is 2. The number of anilines is 1. The number of fused-ring (bicyclic) bond motifs is 1. The molecule has 0 aromatic carbocycles. The van der Waals surface area contributed by atoms with Crippen molar-refractivity contribution in [1.82, 2.24) is 25.3 Å². The standard InChI is InChI=1S/C11H18N6/c1-8(4-12-2)5-17(3)11-9-10(14-6-13-9)15-7-16-11/h6-8,12H,4-5H2,1-3H3,(H,13,14,15,16). The topological polar surface area (TPSA) is 69.7 Å². The average molecular weight is 234 g/mol. The number of aromatic amines is 1. The van der Waals surface area contributed by atoms with E-state index < -0.39 is 0 Å². The molecule has 0 amide bonds. The van der Waals surface area contributed by atoms with Gasteiger partial charge in [-0.3, -0.25) is 0 Å². The summed E-state index contributed by atoms with van der Waals surface area (Å²) in [5.41, 5.74) is 1.61. The van der Waals surface area contributed by atoms with Crippen LogP contribution in [-0.4, -0.2) is 47.1 Å². The number of hydrogen-bond donors (Lipinski definition) is 2. The molecule has 0 saturated carbocycles. The molecule has 17 heavy (non-hydrogen) atoms. The van der Waals surface area contributed by atoms with Crippen molar-refractivity contribution in [2.24, 2.45) is 5.92 Å². The van der Waals surface area contributed by atoms with E-state index in [1.807, 2.05) is 14.1 Å². The number of aromatic nitrogens is 4. The highest BCUT2D eigenvalue weighted by Gasteiger charge is 2.12. The van der Waals surface area contributed by atoms with Crippen LogP contribution in [0.1, 0.15) is 6.92 Å². The lowest BCUT2D eigenvalue weighted by Gasteiger charge is -2.22. The number of nitrogens with zero attached hydrogens (tertiary/aromatic N) is 4. The van der Waals surface area contributed by atoms with Gasteiger partial charge in [-0.15, -0.1) is 0 Å². The molecule has 6 heteroatoms. The fourth-order valence-corrected chi connectivity index (χ4v) is 2.01. The van der Waals surface area contributed by atoms with E-state index in [0.717, 1.165) is 24.4 Å². The maximum Gasteiger partial charge on any atom is 0.182 e. The Morgan fingerprint density at radius 2 is 2.24 bits per heavy atom. The Morgan fingerprint density at radius 1 is 1.41 bits per heavy atom. The minimum absolute atomic E-state index is 0.554. The zero-order valence-corrected chi connectivity index (χ0v) is 10.4. The normalized spacial score (nSPS) is 12.9. The van der Waals surface area contributed by atoms with E-state index in [0.29, 0.717) is 11.6 Å². The molecule has 1 atom stereocenters. The molecule has 0 saturated heterocycles. The quantitative estimate of drug-likeness (QED) is 0.794. The van der Waals surface area contributed by atoms with Gasteiger partial charge in [-0.25, -0.2) is 15.0 Å². The molecule has 92 valence electrons. The third-order valence-corrected chi connectivity index (χ3v) is 2.70. The highest BCUT2D eigenvalue weighted by atomic mass is 15.2. The summed E-state index contributed by atoms with van der Waals surface area (Å²) in [6.07, 6.45) is 3.20. The van der Waals surface area contributed by atoms with E-state index in [-0.39, 0.29) is 0 Å². The molecule has 1 unspecified atom stereocenters. The Balaban J connectivity index is 2.18. The van der Waals surface area contributed by atoms with Crippen molar-refractivity contribution in [3.63, 3.8) is 0 Å². The smallest absolute Gasteiger partial charge is 0.182 e. The van der Waals surface area contributed by atoms with Gasteiger partial charge in [-0.05, 0) is 19.5 Å². The fourth-order valence-electron chi connectivity index (χ4n) is 2.01. The molecule has 0 bridgehead atoms. The molecular formula is C11H18N6. The molecule has 0 spiro atoms. The van der Waals surface area contributed by atoms with Crippen molar-refractivity contribution in [3.8, 4) is 0 Å². The van der Waals surface area contributed by atoms with Crippen LogP contribution in [0.15, 0.2) is 12.7 Å². The number of H-pyrrole nitrogens is 1. The van der Waals surface area contributed by atoms with Gasteiger partial charge in [0.25, 0.3) is 0 Å². The van der Waals surface area contributed by atoms with Crippen molar-refractivity contribution in [1.29, 1.82) is 0 Å². The summed E-state index contributed by atoms with van der Waals surface area (Å²) in [7, 11) is 4.00. The van der Waals surface area contributed by atoms with Crippen LogP contribution in [0.2, 0.25) is 0 Å². The van der Waals surface area contributed by atoms with Crippen LogP contribution in [0.3, 0.4) is 0 Å². The Hall–Kier alpha value is -1.69. The molecule has 0 aliphatic heterocycles. The SMILES string of the molecule is CNCC(C)CN(C)c1ncnc2nc[nH]c12. The van der Waals surface area contributed by atoms with Gasteiger partial charge >= 0.3 is 0 Å². The Kier molecular flexibility index (Phi) is 3.53. The Bertz CT molecular complexity index is 480. The van der Waals surface area contributed by atoms with Crippen molar-refractivity contribution in [3.05, 3.63) is 12.7 Å². The minimum Gasteiger partial charge on any atom is -0.357 e. The third-order valence-electron chi connectivity index (χ3n) is 2.70. The van der Waals surface area contributed by atoms with Crippen LogP contribution in [0.25, 0.3) is 11.2 Å². The van der Waals surface area contributed by atoms with Crippen molar-refractivity contribution < 1.29 is 0 Å². The molecule has 2 aromatic heterocycles. The monoisotopic (exact) mass is 234 g/mol. The maximum absolute atomic E-state index is 4.32. The average Bonchev–Trinajstić information content (AvgIpc) is 2.76. The summed E-state index contributed by atoms with van der Waals surface area (Å²) >= 11 is 0. The summed E-state index contributed by atoms with van der Waals surface area (Å²) in [5.74, 6) is 1.45. The molecule has 0 aliphatic rings. The van der Waals surface area contributed by atoms with Crippen LogP contribution in [0, 0.1) is 5.92 Å². The fraction of sp³-hybridized carbons (Fsp3) is 0.545. The molecule has 2 heterocycles. The molecule has 2 aromatic rings. The second-order valence-electron chi connectivity index (χ2n) is 4.34. The Morgan fingerprint density at radius 3 is 3.00 bits per heavy atom. The summed E-state index contributed by atoms with van der Waals surface area (Å²) in [6.45, 7) is 4.13. The summed E-state index contributed by atoms with van der Waals surface area (Å²) in [4.78, 5) is 17.8. The third kappa shape index (κ3) is 2.52. The van der Waals surface area contributed by atoms with Gasteiger partial charge in [-0.2, -0.15) is 0 Å². The number of imidazole rings is 1. The van der Waals surface area contributed by atoms with Gasteiger partial charge in [-0.1, -0.05) is 6.92 Å². The zero-order chi connectivity index (χ0) is 12.3. The van der Waals surface area contributed by atoms with Crippen LogP contribution in [0.5, 0.6) is 0 Å². The lowest BCUT2D eigenvalue weighted by molar-refractivity contribution is 0.541. The molecule has 0 fully saturated rings. The van der Waals surface area contributed by atoms with Crippen molar-refractivity contribution in [2.75, 3.05) is 32.1 Å². The number of hydrogen-bond acceptors (Lipinski definition) is 5. The Labute approximate surface area is 100 Å². The van der Waals surface area contributed by atoms with E-state index in [4.69, 9.17) is 0 Å². The predicted octanol–water partition coefficient (Wildman–Crippen LogP) is 0.645. The van der Waals surface area contributed by atoms with Gasteiger partial charge < -0.3 is 15.2 Å². The molecular weight excluding hydrogens is 216 g/mol. The second-order valence-corrected chi connectivity index (χ2v) is 4.34. The lowest BCUT2D eigenvalue weighted by atomic mass is 10.1. The highest BCUT2D eigenvalue weighted by Crippen LogP contribution is 2.18. The first kappa shape index (κ1) is 11.8. The first-order valence-corrected chi connectivity index (χ1v) is 5.72. The predicted molar refractivity (Wildman–Crippen MR) is 68.0 cm³/mol. The van der Waals surface area contributed by atoms with Gasteiger partial charge in [0, 0.05) is 13.6 Å². The van der Waals surface area contributed by atoms with Gasteiger partial charge in [0.05, 0.1) is 6.33 Å². The molecule has 0 radical (unpaired) electrons. The zero-order valence-electron chi connectivity index (χ0n) is 10.4. The van der Waals surface area contributed by atoms with Gasteiger partial charge in [0.1, 0.15) is 11.8 Å². The van der Waals surface area contributed by atoms with Gasteiger partial charge in [0.2, 0.25) is 0 Å². The summed E-state index contributed by atoms with van der Waals surface area (Å²) in [5, 5.41) is 3.18. The molecule has 6 nitrogen and oxygen atoms in total. The van der Waals surface area contributed by atoms with Gasteiger partial charge in [0.15, 0.2) is 11.5 Å². The molecule has 2 rings (SSSR count). The van der Waals surface area contributed by atoms with Crippen LogP contribution in [-0.2, 0) is 0 Å². The molecule has 0 aliphatic carbocycles. The van der Waals surface area contributed by atoms with E-state index in [1.165, 1.54) is 0 Å². The maximum atomic E-state index is 4.32. The lowest BCUT2D eigenvalue weighted by Crippen LogP contribution is -2.30. The van der Waals surface area contributed by atoms with Crippen LogP contribution >= 0.6 is 0 Å². The molecule has 2 N–H and O–H groups in total. The van der Waals surface area contributed by atoms with E-state index in [1.54, 1.807) is 12.7 Å². The second kappa shape index (κ2) is 5.09. The van der Waals surface area contributed by atoms with E-state index >= 15 is 0 Å².